The first-order chi connectivity index (χ1) is 20.4. The zero-order chi connectivity index (χ0) is 30.9. The van der Waals surface area contributed by atoms with Gasteiger partial charge in [-0.15, -0.1) is 0 Å². The average Bonchev–Trinajstić information content (AvgIpc) is 2.97. The van der Waals surface area contributed by atoms with Crippen LogP contribution in [0.5, 0.6) is 0 Å². The van der Waals surface area contributed by atoms with Crippen molar-refractivity contribution in [2.75, 3.05) is 44.2 Å². The van der Waals surface area contributed by atoms with Gasteiger partial charge in [-0.2, -0.15) is 13.2 Å². The van der Waals surface area contributed by atoms with Gasteiger partial charge in [0, 0.05) is 50.5 Å². The molecule has 3 saturated heterocycles. The molecule has 232 valence electrons. The molecule has 13 heteroatoms. The monoisotopic (exact) mass is 622 g/mol. The number of alkyl halides is 3. The number of piperidine rings is 2. The first kappa shape index (κ1) is 30.9. The summed E-state index contributed by atoms with van der Waals surface area (Å²) in [7, 11) is 0. The number of anilines is 1. The molecule has 3 amide bonds. The number of hydrogen-bond acceptors (Lipinski definition) is 5. The quantitative estimate of drug-likeness (QED) is 0.442. The molecule has 3 aliphatic heterocycles. The molecular formula is C30H34ClF3N4O5. The number of nitrogens with one attached hydrogen (secondary N) is 1. The Morgan fingerprint density at radius 3 is 1.98 bits per heavy atom. The number of carbonyl (C=O) groups is 3. The molecule has 0 bridgehead atoms. The summed E-state index contributed by atoms with van der Waals surface area (Å²) in [4.78, 5) is 41.4. The van der Waals surface area contributed by atoms with Crippen LogP contribution in [-0.4, -0.2) is 89.4 Å². The van der Waals surface area contributed by atoms with Crippen molar-refractivity contribution in [3.05, 3.63) is 64.7 Å². The maximum absolute atomic E-state index is 14.0. The molecule has 3 heterocycles. The molecule has 3 fully saturated rings. The van der Waals surface area contributed by atoms with E-state index >= 15 is 0 Å². The van der Waals surface area contributed by atoms with E-state index in [4.69, 9.17) is 16.7 Å². The highest BCUT2D eigenvalue weighted by molar-refractivity contribution is 6.34. The highest BCUT2D eigenvalue weighted by Crippen LogP contribution is 2.42. The Morgan fingerprint density at radius 1 is 0.860 bits per heavy atom. The molecular weight excluding hydrogens is 589 g/mol. The Labute approximate surface area is 252 Å². The van der Waals surface area contributed by atoms with Gasteiger partial charge in [0.15, 0.2) is 0 Å². The molecule has 1 atom stereocenters. The average molecular weight is 623 g/mol. The van der Waals surface area contributed by atoms with Crippen LogP contribution in [0.4, 0.5) is 23.7 Å². The molecule has 3 N–H and O–H groups in total. The summed E-state index contributed by atoms with van der Waals surface area (Å²) in [6.07, 6.45) is -3.39. The van der Waals surface area contributed by atoms with E-state index in [1.807, 2.05) is 6.07 Å². The Morgan fingerprint density at radius 2 is 1.44 bits per heavy atom. The van der Waals surface area contributed by atoms with E-state index in [9.17, 15) is 32.7 Å². The number of hydrogen-bond donors (Lipinski definition) is 3. The van der Waals surface area contributed by atoms with Gasteiger partial charge in [-0.05, 0) is 55.7 Å². The molecule has 0 saturated carbocycles. The summed E-state index contributed by atoms with van der Waals surface area (Å²) in [6.45, 7) is 2.41. The number of rotatable bonds is 6. The smallest absolute Gasteiger partial charge is 0.430 e. The molecule has 0 aromatic heterocycles. The maximum Gasteiger partial charge on any atom is 0.430 e. The molecule has 9 nitrogen and oxygen atoms in total. The van der Waals surface area contributed by atoms with E-state index in [-0.39, 0.29) is 31.0 Å². The maximum atomic E-state index is 14.0. The lowest BCUT2D eigenvalue weighted by Gasteiger charge is -2.42. The largest absolute Gasteiger partial charge is 0.465 e. The van der Waals surface area contributed by atoms with Crippen LogP contribution >= 0.6 is 11.6 Å². The SMILES string of the molecule is O=C(O)NC1CN(C(=O)c2ccc(N3CCC(C4CCN(C(=O)[C@](O)(c5ccccc5)C(F)(F)F)CC4)CC3)cc2Cl)C1. The molecule has 0 aliphatic carbocycles. The molecule has 43 heavy (non-hydrogen) atoms. The Bertz CT molecular complexity index is 1340. The third kappa shape index (κ3) is 6.26. The van der Waals surface area contributed by atoms with E-state index < -0.39 is 29.3 Å². The van der Waals surface area contributed by atoms with Crippen molar-refractivity contribution in [1.29, 1.82) is 0 Å². The number of benzene rings is 2. The Hall–Kier alpha value is -3.51. The normalized spacial score (nSPS) is 20.3. The molecule has 3 aliphatic rings. The number of likely N-dealkylation sites (tertiary alicyclic amines) is 2. The lowest BCUT2D eigenvalue weighted by atomic mass is 9.78. The van der Waals surface area contributed by atoms with Gasteiger partial charge in [0.2, 0.25) is 0 Å². The van der Waals surface area contributed by atoms with Gasteiger partial charge >= 0.3 is 12.3 Å². The van der Waals surface area contributed by atoms with Crippen molar-refractivity contribution >= 4 is 35.2 Å². The zero-order valence-corrected chi connectivity index (χ0v) is 24.2. The first-order valence-corrected chi connectivity index (χ1v) is 14.7. The van der Waals surface area contributed by atoms with Gasteiger partial charge in [-0.25, -0.2) is 4.79 Å². The number of aliphatic hydroxyl groups is 1. The predicted molar refractivity (Wildman–Crippen MR) is 153 cm³/mol. The third-order valence-corrected chi connectivity index (χ3v) is 9.30. The molecule has 5 rings (SSSR count). The molecule has 0 spiro atoms. The van der Waals surface area contributed by atoms with Gasteiger partial charge in [0.05, 0.1) is 16.6 Å². The van der Waals surface area contributed by atoms with Gasteiger partial charge in [0.25, 0.3) is 17.4 Å². The van der Waals surface area contributed by atoms with Crippen LogP contribution < -0.4 is 10.2 Å². The summed E-state index contributed by atoms with van der Waals surface area (Å²) in [5.41, 5.74) is -2.81. The van der Waals surface area contributed by atoms with E-state index in [1.54, 1.807) is 12.1 Å². The minimum absolute atomic E-state index is 0.157. The highest BCUT2D eigenvalue weighted by Gasteiger charge is 2.62. The summed E-state index contributed by atoms with van der Waals surface area (Å²) in [5, 5.41) is 22.1. The lowest BCUT2D eigenvalue weighted by Crippen LogP contribution is -2.60. The fourth-order valence-electron chi connectivity index (χ4n) is 6.47. The van der Waals surface area contributed by atoms with Crippen molar-refractivity contribution in [1.82, 2.24) is 15.1 Å². The highest BCUT2D eigenvalue weighted by atomic mass is 35.5. The van der Waals surface area contributed by atoms with Crippen molar-refractivity contribution in [2.24, 2.45) is 11.8 Å². The summed E-state index contributed by atoms with van der Waals surface area (Å²) in [6, 6.07) is 11.5. The van der Waals surface area contributed by atoms with Gasteiger partial charge < -0.3 is 30.2 Å². The molecule has 0 unspecified atom stereocenters. The fourth-order valence-corrected chi connectivity index (χ4v) is 6.73. The van der Waals surface area contributed by atoms with Crippen LogP contribution in [-0.2, 0) is 10.4 Å². The summed E-state index contributed by atoms with van der Waals surface area (Å²) in [5.74, 6) is -0.953. The summed E-state index contributed by atoms with van der Waals surface area (Å²) >= 11 is 6.47. The van der Waals surface area contributed by atoms with E-state index in [0.29, 0.717) is 42.4 Å². The van der Waals surface area contributed by atoms with E-state index in [2.05, 4.69) is 10.2 Å². The number of carboxylic acid groups (broad SMARTS) is 1. The number of carbonyl (C=O) groups excluding carboxylic acids is 2. The van der Waals surface area contributed by atoms with E-state index in [0.717, 1.165) is 48.7 Å². The first-order valence-electron chi connectivity index (χ1n) is 14.4. The lowest BCUT2D eigenvalue weighted by molar-refractivity contribution is -0.262. The van der Waals surface area contributed by atoms with E-state index in [1.165, 1.54) is 23.1 Å². The molecule has 0 radical (unpaired) electrons. The van der Waals surface area contributed by atoms with Crippen molar-refractivity contribution in [2.45, 2.75) is 43.5 Å². The standard InChI is InChI=1S/C30H34ClF3N4O5/c31-25-16-23(6-7-24(25)26(39)38-17-22(18-38)35-28(41)42)36-12-8-19(9-13-36)20-10-14-37(15-11-20)27(40)29(43,30(32,33)34)21-4-2-1-3-5-21/h1-7,16,19-20,22,35,43H,8-15,17-18H2,(H,41,42)/t29-/m1/s1. The van der Waals surface area contributed by atoms with Crippen molar-refractivity contribution in [3.8, 4) is 0 Å². The zero-order valence-electron chi connectivity index (χ0n) is 23.4. The fraction of sp³-hybridized carbons (Fsp3) is 0.500. The Kier molecular flexibility index (Phi) is 8.80. The minimum atomic E-state index is -5.15. The second kappa shape index (κ2) is 12.2. The van der Waals surface area contributed by atoms with Crippen LogP contribution in [0, 0.1) is 11.8 Å². The molecule has 2 aromatic rings. The predicted octanol–water partition coefficient (Wildman–Crippen LogP) is 4.34. The van der Waals surface area contributed by atoms with Crippen LogP contribution in [0.3, 0.4) is 0 Å². The minimum Gasteiger partial charge on any atom is -0.465 e. The number of nitrogens with zero attached hydrogens (tertiary/aromatic N) is 3. The molecule has 2 aromatic carbocycles. The van der Waals surface area contributed by atoms with Crippen LogP contribution in [0.1, 0.15) is 41.6 Å². The number of amides is 3. The van der Waals surface area contributed by atoms with Gasteiger partial charge in [0.1, 0.15) is 0 Å². The van der Waals surface area contributed by atoms with Crippen LogP contribution in [0.25, 0.3) is 0 Å². The van der Waals surface area contributed by atoms with Crippen LogP contribution in [0.15, 0.2) is 48.5 Å². The Balaban J connectivity index is 1.13. The number of halogens is 4. The second-order valence-corrected chi connectivity index (χ2v) is 12.0. The van der Waals surface area contributed by atoms with Crippen LogP contribution in [0.2, 0.25) is 5.02 Å². The van der Waals surface area contributed by atoms with Crippen molar-refractivity contribution in [3.63, 3.8) is 0 Å². The topological polar surface area (TPSA) is 113 Å². The van der Waals surface area contributed by atoms with Gasteiger partial charge in [-0.3, -0.25) is 9.59 Å². The summed E-state index contributed by atoms with van der Waals surface area (Å²) < 4.78 is 41.9. The van der Waals surface area contributed by atoms with Crippen molar-refractivity contribution < 1.29 is 37.8 Å². The van der Waals surface area contributed by atoms with Gasteiger partial charge in [-0.1, -0.05) is 41.9 Å². The third-order valence-electron chi connectivity index (χ3n) is 8.99. The second-order valence-electron chi connectivity index (χ2n) is 11.5.